The smallest absolute Gasteiger partial charge is 0.365 e. The first kappa shape index (κ1) is 16.5. The summed E-state index contributed by atoms with van der Waals surface area (Å²) in [5, 5.41) is 13.1. The minimum absolute atomic E-state index is 0.0880. The normalized spacial score (nSPS) is 11.2. The van der Waals surface area contributed by atoms with Crippen molar-refractivity contribution in [3.63, 3.8) is 0 Å². The van der Waals surface area contributed by atoms with Gasteiger partial charge in [0.2, 0.25) is 5.88 Å². The van der Waals surface area contributed by atoms with Crippen LogP contribution in [0.2, 0.25) is 0 Å². The Morgan fingerprint density at radius 1 is 1.38 bits per heavy atom. The zero-order chi connectivity index (χ0) is 17.1. The van der Waals surface area contributed by atoms with Gasteiger partial charge in [-0.2, -0.15) is 13.5 Å². The summed E-state index contributed by atoms with van der Waals surface area (Å²) in [6.45, 7) is -0.0880. The Morgan fingerprint density at radius 2 is 2.21 bits per heavy atom. The molecule has 12 heteroatoms. The summed E-state index contributed by atoms with van der Waals surface area (Å²) in [4.78, 5) is 12.0. The van der Waals surface area contributed by atoms with E-state index in [-0.39, 0.29) is 17.4 Å². The van der Waals surface area contributed by atoms with Crippen molar-refractivity contribution in [1.29, 1.82) is 0 Å². The van der Waals surface area contributed by atoms with E-state index in [0.717, 1.165) is 4.68 Å². The number of benzene rings is 1. The molecule has 1 aromatic carbocycles. The van der Waals surface area contributed by atoms with Crippen molar-refractivity contribution in [3.8, 4) is 11.6 Å². The molecule has 126 valence electrons. The van der Waals surface area contributed by atoms with E-state index in [4.69, 9.17) is 4.74 Å². The molecule has 0 saturated carbocycles. The molecule has 0 unspecified atom stereocenters. The van der Waals surface area contributed by atoms with Crippen LogP contribution < -0.4 is 10.4 Å². The number of rotatable bonds is 6. The lowest BCUT2D eigenvalue weighted by molar-refractivity contribution is 0.251. The molecular formula is C12H10F2N6O2S2. The molecule has 3 rings (SSSR count). The fourth-order valence-electron chi connectivity index (χ4n) is 1.98. The van der Waals surface area contributed by atoms with Gasteiger partial charge in [0.25, 0.3) is 5.76 Å². The van der Waals surface area contributed by atoms with Crippen molar-refractivity contribution in [1.82, 2.24) is 29.4 Å². The molecule has 3 aromatic rings. The van der Waals surface area contributed by atoms with Gasteiger partial charge in [0.1, 0.15) is 6.61 Å². The summed E-state index contributed by atoms with van der Waals surface area (Å²) in [6, 6.07) is 6.20. The highest BCUT2D eigenvalue weighted by Crippen LogP contribution is 2.32. The number of thioether (sulfide) groups is 1. The van der Waals surface area contributed by atoms with E-state index in [9.17, 15) is 13.6 Å². The molecule has 0 bridgehead atoms. The molecule has 0 aliphatic carbocycles. The van der Waals surface area contributed by atoms with Crippen LogP contribution in [0.4, 0.5) is 8.78 Å². The highest BCUT2D eigenvalue weighted by molar-refractivity contribution is 7.99. The van der Waals surface area contributed by atoms with Crippen molar-refractivity contribution in [3.05, 3.63) is 46.5 Å². The Morgan fingerprint density at radius 3 is 2.83 bits per heavy atom. The fourth-order valence-corrected chi connectivity index (χ4v) is 2.79. The zero-order valence-corrected chi connectivity index (χ0v) is 13.5. The highest BCUT2D eigenvalue weighted by Gasteiger charge is 2.17. The number of H-pyrrole nitrogens is 1. The molecular weight excluding hydrogens is 362 g/mol. The van der Waals surface area contributed by atoms with E-state index in [0.29, 0.717) is 23.0 Å². The molecule has 0 radical (unpaired) electrons. The molecule has 0 saturated heterocycles. The first-order valence-corrected chi connectivity index (χ1v) is 7.78. The number of aromatic nitrogens is 6. The van der Waals surface area contributed by atoms with Gasteiger partial charge < -0.3 is 4.74 Å². The minimum atomic E-state index is -2.62. The molecule has 8 nitrogen and oxygen atoms in total. The SMILES string of the molecule is O=c1[nH]nnn1-c1cccc(SC(F)F)c1COc1ccn(S)n1. The molecule has 0 aliphatic rings. The van der Waals surface area contributed by atoms with E-state index in [1.807, 2.05) is 0 Å². The number of thiol groups is 1. The van der Waals surface area contributed by atoms with Crippen LogP contribution in [-0.4, -0.2) is 35.2 Å². The van der Waals surface area contributed by atoms with E-state index >= 15 is 0 Å². The fraction of sp³-hybridized carbons (Fsp3) is 0.167. The standard InChI is InChI=1S/C12H10F2N6O2S2/c13-11(14)24-9-3-1-2-8(20-12(21)15-17-18-20)7(9)6-22-10-4-5-19(23)16-10/h1-5,11,23H,6H2,(H,15,18,21). The second-order valence-corrected chi connectivity index (χ2v) is 5.86. The molecule has 0 spiro atoms. The summed E-state index contributed by atoms with van der Waals surface area (Å²) in [7, 11) is 0. The lowest BCUT2D eigenvalue weighted by Gasteiger charge is -2.13. The zero-order valence-electron chi connectivity index (χ0n) is 11.8. The van der Waals surface area contributed by atoms with E-state index in [1.54, 1.807) is 24.4 Å². The number of hydrogen-bond acceptors (Lipinski definition) is 7. The number of ether oxygens (including phenoxy) is 1. The first-order chi connectivity index (χ1) is 11.5. The van der Waals surface area contributed by atoms with E-state index < -0.39 is 11.4 Å². The van der Waals surface area contributed by atoms with Crippen molar-refractivity contribution in [2.75, 3.05) is 0 Å². The summed E-state index contributed by atoms with van der Waals surface area (Å²) < 4.78 is 33.4. The van der Waals surface area contributed by atoms with Gasteiger partial charge in [-0.05, 0) is 35.4 Å². The Balaban J connectivity index is 1.99. The van der Waals surface area contributed by atoms with E-state index in [1.165, 1.54) is 10.2 Å². The average Bonchev–Trinajstić information content (AvgIpc) is 3.13. The molecule has 1 N–H and O–H groups in total. The highest BCUT2D eigenvalue weighted by atomic mass is 32.2. The van der Waals surface area contributed by atoms with Crippen LogP contribution in [-0.2, 0) is 6.61 Å². The van der Waals surface area contributed by atoms with Crippen molar-refractivity contribution >= 4 is 24.6 Å². The van der Waals surface area contributed by atoms with Gasteiger partial charge in [0, 0.05) is 22.7 Å². The molecule has 0 aliphatic heterocycles. The van der Waals surface area contributed by atoms with Crippen molar-refractivity contribution in [2.45, 2.75) is 17.3 Å². The van der Waals surface area contributed by atoms with Crippen LogP contribution in [0.15, 0.2) is 40.2 Å². The van der Waals surface area contributed by atoms with Crippen LogP contribution in [0.3, 0.4) is 0 Å². The number of halogens is 2. The van der Waals surface area contributed by atoms with Gasteiger partial charge in [-0.25, -0.2) is 14.0 Å². The Bertz CT molecular complexity index is 894. The third-order valence-corrected chi connectivity index (χ3v) is 3.98. The maximum Gasteiger partial charge on any atom is 0.365 e. The second-order valence-electron chi connectivity index (χ2n) is 4.41. The van der Waals surface area contributed by atoms with Gasteiger partial charge in [-0.15, -0.1) is 5.10 Å². The molecule has 0 amide bonds. The largest absolute Gasteiger partial charge is 0.472 e. The van der Waals surface area contributed by atoms with Crippen LogP contribution in [0.1, 0.15) is 5.56 Å². The van der Waals surface area contributed by atoms with Crippen LogP contribution in [0.5, 0.6) is 5.88 Å². The number of tetrazole rings is 1. The third kappa shape index (κ3) is 3.59. The van der Waals surface area contributed by atoms with Gasteiger partial charge in [0.05, 0.1) is 5.69 Å². The van der Waals surface area contributed by atoms with Gasteiger partial charge >= 0.3 is 5.69 Å². The predicted molar refractivity (Wildman–Crippen MR) is 84.8 cm³/mol. The molecule has 24 heavy (non-hydrogen) atoms. The maximum absolute atomic E-state index is 12.8. The Labute approximate surface area is 143 Å². The van der Waals surface area contributed by atoms with Crippen molar-refractivity contribution in [2.24, 2.45) is 0 Å². The van der Waals surface area contributed by atoms with Gasteiger partial charge in [0.15, 0.2) is 0 Å². The molecule has 2 heterocycles. The summed E-state index contributed by atoms with van der Waals surface area (Å²) in [6.07, 6.45) is 1.56. The van der Waals surface area contributed by atoms with Crippen LogP contribution in [0.25, 0.3) is 5.69 Å². The molecule has 0 fully saturated rings. The summed E-state index contributed by atoms with van der Waals surface area (Å²) in [5.41, 5.74) is 0.0762. The third-order valence-electron chi connectivity index (χ3n) is 2.94. The number of nitrogens with one attached hydrogen (secondary N) is 1. The average molecular weight is 372 g/mol. The monoisotopic (exact) mass is 372 g/mol. The van der Waals surface area contributed by atoms with Gasteiger partial charge in [-0.3, -0.25) is 0 Å². The lowest BCUT2D eigenvalue weighted by Crippen LogP contribution is -2.18. The van der Waals surface area contributed by atoms with Crippen molar-refractivity contribution < 1.29 is 13.5 Å². The minimum Gasteiger partial charge on any atom is -0.472 e. The number of alkyl halides is 2. The summed E-state index contributed by atoms with van der Waals surface area (Å²) in [5.74, 6) is -2.36. The van der Waals surface area contributed by atoms with E-state index in [2.05, 4.69) is 33.4 Å². The number of aromatic amines is 1. The first-order valence-electron chi connectivity index (χ1n) is 6.50. The second kappa shape index (κ2) is 7.05. The topological polar surface area (TPSA) is 90.6 Å². The lowest BCUT2D eigenvalue weighted by atomic mass is 10.2. The number of hydrogen-bond donors (Lipinski definition) is 2. The quantitative estimate of drug-likeness (QED) is 0.506. The number of nitrogens with zero attached hydrogens (tertiary/aromatic N) is 5. The Hall–Kier alpha value is -2.34. The molecule has 0 atom stereocenters. The predicted octanol–water partition coefficient (Wildman–Crippen LogP) is 1.74. The summed E-state index contributed by atoms with van der Waals surface area (Å²) >= 11 is 4.34. The van der Waals surface area contributed by atoms with Gasteiger partial charge in [-0.1, -0.05) is 17.8 Å². The van der Waals surface area contributed by atoms with Crippen LogP contribution in [0, 0.1) is 0 Å². The maximum atomic E-state index is 12.8. The van der Waals surface area contributed by atoms with Crippen LogP contribution >= 0.6 is 24.6 Å². The Kier molecular flexibility index (Phi) is 4.85. The molecule has 2 aromatic heterocycles.